The van der Waals surface area contributed by atoms with Crippen molar-refractivity contribution in [2.24, 2.45) is 5.92 Å². The van der Waals surface area contributed by atoms with E-state index in [2.05, 4.69) is 9.88 Å². The number of alkyl halides is 3. The van der Waals surface area contributed by atoms with E-state index in [1.807, 2.05) is 0 Å². The molecular weight excluding hydrogens is 229 g/mol. The molecule has 2 atom stereocenters. The Morgan fingerprint density at radius 1 is 1.24 bits per heavy atom. The van der Waals surface area contributed by atoms with Crippen LogP contribution in [0.1, 0.15) is 25.0 Å². The van der Waals surface area contributed by atoms with Crippen molar-refractivity contribution in [3.05, 3.63) is 24.0 Å². The second-order valence-electron chi connectivity index (χ2n) is 4.88. The Bertz CT molecular complexity index is 413. The number of anilines is 1. The molecule has 1 aliphatic carbocycles. The van der Waals surface area contributed by atoms with E-state index in [4.69, 9.17) is 0 Å². The van der Waals surface area contributed by atoms with Gasteiger partial charge < -0.3 is 4.90 Å². The molecule has 2 fully saturated rings. The zero-order valence-corrected chi connectivity index (χ0v) is 9.24. The van der Waals surface area contributed by atoms with Crippen molar-refractivity contribution < 1.29 is 13.2 Å². The quantitative estimate of drug-likeness (QED) is 0.752. The maximum atomic E-state index is 12.4. The highest BCUT2D eigenvalue weighted by atomic mass is 19.4. The van der Waals surface area contributed by atoms with Crippen LogP contribution in [0.4, 0.5) is 18.9 Å². The van der Waals surface area contributed by atoms with Gasteiger partial charge in [0.1, 0.15) is 5.69 Å². The maximum absolute atomic E-state index is 12.4. The second kappa shape index (κ2) is 3.62. The van der Waals surface area contributed by atoms with Gasteiger partial charge in [0, 0.05) is 12.6 Å². The van der Waals surface area contributed by atoms with E-state index in [0.717, 1.165) is 30.6 Å². The number of piperidine rings is 1. The number of rotatable bonds is 1. The Morgan fingerprint density at radius 2 is 2.06 bits per heavy atom. The van der Waals surface area contributed by atoms with E-state index in [1.165, 1.54) is 25.1 Å². The van der Waals surface area contributed by atoms with Gasteiger partial charge >= 0.3 is 6.18 Å². The fourth-order valence-electron chi connectivity index (χ4n) is 2.96. The molecule has 1 saturated heterocycles. The van der Waals surface area contributed by atoms with Crippen LogP contribution in [-0.2, 0) is 6.18 Å². The van der Waals surface area contributed by atoms with Crippen LogP contribution in [0.3, 0.4) is 0 Å². The van der Waals surface area contributed by atoms with Crippen molar-refractivity contribution in [1.29, 1.82) is 0 Å². The minimum atomic E-state index is -4.34. The summed E-state index contributed by atoms with van der Waals surface area (Å²) in [5.74, 6) is 0.724. The summed E-state index contributed by atoms with van der Waals surface area (Å²) in [6.45, 7) is 0.970. The fourth-order valence-corrected chi connectivity index (χ4v) is 2.96. The van der Waals surface area contributed by atoms with Gasteiger partial charge in [-0.25, -0.2) is 4.98 Å². The molecule has 0 N–H and O–H groups in total. The molecule has 92 valence electrons. The Labute approximate surface area is 97.5 Å². The van der Waals surface area contributed by atoms with E-state index < -0.39 is 11.9 Å². The Balaban J connectivity index is 1.81. The Morgan fingerprint density at radius 3 is 2.53 bits per heavy atom. The summed E-state index contributed by atoms with van der Waals surface area (Å²) in [6, 6.07) is 3.12. The number of hydrogen-bond donors (Lipinski definition) is 0. The molecule has 1 saturated carbocycles. The normalized spacial score (nSPS) is 27.8. The van der Waals surface area contributed by atoms with Crippen LogP contribution in [0.2, 0.25) is 0 Å². The van der Waals surface area contributed by atoms with Crippen molar-refractivity contribution in [2.45, 2.75) is 31.5 Å². The molecule has 17 heavy (non-hydrogen) atoms. The average Bonchev–Trinajstić information content (AvgIpc) is 2.89. The van der Waals surface area contributed by atoms with E-state index in [9.17, 15) is 13.2 Å². The molecule has 0 amide bonds. The molecule has 1 aromatic rings. The lowest BCUT2D eigenvalue weighted by Gasteiger charge is -2.28. The zero-order chi connectivity index (χ0) is 12.0. The average molecular weight is 242 g/mol. The van der Waals surface area contributed by atoms with Gasteiger partial charge in [-0.3, -0.25) is 0 Å². The summed E-state index contributed by atoms with van der Waals surface area (Å²) in [4.78, 5) is 5.71. The lowest BCUT2D eigenvalue weighted by atomic mass is 10.1. The van der Waals surface area contributed by atoms with Gasteiger partial charge in [0.2, 0.25) is 0 Å². The van der Waals surface area contributed by atoms with Gasteiger partial charge in [-0.2, -0.15) is 13.2 Å². The highest BCUT2D eigenvalue weighted by Gasteiger charge is 2.38. The smallest absolute Gasteiger partial charge is 0.367 e. The van der Waals surface area contributed by atoms with Crippen molar-refractivity contribution in [1.82, 2.24) is 4.98 Å². The van der Waals surface area contributed by atoms with Crippen LogP contribution in [0.15, 0.2) is 18.3 Å². The molecule has 0 unspecified atom stereocenters. The van der Waals surface area contributed by atoms with Crippen molar-refractivity contribution >= 4 is 5.69 Å². The molecule has 0 aromatic carbocycles. The fraction of sp³-hybridized carbons (Fsp3) is 0.583. The molecule has 0 spiro atoms. The highest BCUT2D eigenvalue weighted by molar-refractivity contribution is 5.48. The van der Waals surface area contributed by atoms with Crippen LogP contribution in [0.25, 0.3) is 0 Å². The van der Waals surface area contributed by atoms with Gasteiger partial charge in [-0.05, 0) is 37.3 Å². The molecule has 1 aliphatic heterocycles. The van der Waals surface area contributed by atoms with E-state index in [1.54, 1.807) is 0 Å². The van der Waals surface area contributed by atoms with Gasteiger partial charge in [-0.1, -0.05) is 0 Å². The predicted molar refractivity (Wildman–Crippen MR) is 57.7 cm³/mol. The van der Waals surface area contributed by atoms with Crippen LogP contribution < -0.4 is 4.90 Å². The van der Waals surface area contributed by atoms with Crippen molar-refractivity contribution in [3.8, 4) is 0 Å². The Hall–Kier alpha value is -1.26. The zero-order valence-electron chi connectivity index (χ0n) is 9.24. The molecule has 3 rings (SSSR count). The summed E-state index contributed by atoms with van der Waals surface area (Å²) >= 11 is 0. The van der Waals surface area contributed by atoms with Gasteiger partial charge in [0.05, 0.1) is 11.9 Å². The lowest BCUT2D eigenvalue weighted by molar-refractivity contribution is -0.141. The van der Waals surface area contributed by atoms with Crippen molar-refractivity contribution in [2.75, 3.05) is 11.4 Å². The number of halogens is 3. The number of pyridine rings is 1. The summed E-state index contributed by atoms with van der Waals surface area (Å²) in [5, 5.41) is 0. The summed E-state index contributed by atoms with van der Waals surface area (Å²) in [5.41, 5.74) is 0.0100. The van der Waals surface area contributed by atoms with Gasteiger partial charge in [-0.15, -0.1) is 0 Å². The molecule has 2 nitrogen and oxygen atoms in total. The SMILES string of the molecule is FC(F)(F)c1ccc(N2C[C@@H]3CC[C@H]2C3)cn1. The molecule has 2 aliphatic rings. The van der Waals surface area contributed by atoms with Crippen LogP contribution in [0.5, 0.6) is 0 Å². The Kier molecular flexibility index (Phi) is 2.31. The molecule has 1 aromatic heterocycles. The summed E-state index contributed by atoms with van der Waals surface area (Å²) < 4.78 is 37.1. The standard InChI is InChI=1S/C12H13F3N2/c13-12(14,15)11-4-3-10(6-16-11)17-7-8-1-2-9(17)5-8/h3-4,6,8-9H,1-2,5,7H2/t8-,9+/m1/s1. The number of aromatic nitrogens is 1. The monoisotopic (exact) mass is 242 g/mol. The predicted octanol–water partition coefficient (Wildman–Crippen LogP) is 3.09. The van der Waals surface area contributed by atoms with Gasteiger partial charge in [0.25, 0.3) is 0 Å². The molecule has 2 bridgehead atoms. The van der Waals surface area contributed by atoms with E-state index >= 15 is 0 Å². The molecule has 2 heterocycles. The van der Waals surface area contributed by atoms with Gasteiger partial charge in [0.15, 0.2) is 0 Å². The van der Waals surface area contributed by atoms with E-state index in [-0.39, 0.29) is 0 Å². The molecule has 0 radical (unpaired) electrons. The maximum Gasteiger partial charge on any atom is 0.433 e. The molecule has 5 heteroatoms. The first-order valence-corrected chi connectivity index (χ1v) is 5.84. The first kappa shape index (κ1) is 10.9. The largest absolute Gasteiger partial charge is 0.433 e. The first-order valence-electron chi connectivity index (χ1n) is 5.84. The number of hydrogen-bond acceptors (Lipinski definition) is 2. The third kappa shape index (κ3) is 1.87. The highest BCUT2D eigenvalue weighted by Crippen LogP contribution is 2.40. The van der Waals surface area contributed by atoms with Crippen molar-refractivity contribution in [3.63, 3.8) is 0 Å². The summed E-state index contributed by atoms with van der Waals surface area (Å²) in [6.07, 6.45) is 0.605. The van der Waals surface area contributed by atoms with E-state index in [0.29, 0.717) is 6.04 Å². The lowest BCUT2D eigenvalue weighted by Crippen LogP contribution is -2.31. The third-order valence-corrected chi connectivity index (χ3v) is 3.78. The van der Waals surface area contributed by atoms with Crippen LogP contribution in [0, 0.1) is 5.92 Å². The summed E-state index contributed by atoms with van der Waals surface area (Å²) in [7, 11) is 0. The third-order valence-electron chi connectivity index (χ3n) is 3.78. The minimum absolute atomic E-state index is 0.513. The van der Waals surface area contributed by atoms with Crippen LogP contribution in [-0.4, -0.2) is 17.6 Å². The number of fused-ring (bicyclic) bond motifs is 2. The topological polar surface area (TPSA) is 16.1 Å². The molecular formula is C12H13F3N2. The van der Waals surface area contributed by atoms with Crippen LogP contribution >= 0.6 is 0 Å². The number of nitrogens with zero attached hydrogens (tertiary/aromatic N) is 2. The minimum Gasteiger partial charge on any atom is -0.367 e. The second-order valence-corrected chi connectivity index (χ2v) is 4.88. The first-order chi connectivity index (χ1) is 8.04.